The number of benzene rings is 1. The molecule has 1 fully saturated rings. The number of carboxylic acids is 1. The zero-order chi connectivity index (χ0) is 20.1. The van der Waals surface area contributed by atoms with Crippen molar-refractivity contribution in [2.75, 3.05) is 13.6 Å². The maximum Gasteiger partial charge on any atom is 0.410 e. The number of aliphatic carboxylic acids is 1. The summed E-state index contributed by atoms with van der Waals surface area (Å²) in [7, 11) is 1.69. The van der Waals surface area contributed by atoms with Crippen molar-refractivity contribution in [1.82, 2.24) is 4.90 Å². The smallest absolute Gasteiger partial charge is 0.410 e. The Morgan fingerprint density at radius 2 is 1.89 bits per heavy atom. The first kappa shape index (κ1) is 21.0. The summed E-state index contributed by atoms with van der Waals surface area (Å²) in [6, 6.07) is 7.74. The minimum absolute atomic E-state index is 0.368. The summed E-state index contributed by atoms with van der Waals surface area (Å²) in [5.74, 6) is -0.729. The molecule has 2 rings (SSSR count). The first-order chi connectivity index (χ1) is 12.6. The van der Waals surface area contributed by atoms with Crippen molar-refractivity contribution in [1.29, 1.82) is 0 Å². The van der Waals surface area contributed by atoms with Crippen molar-refractivity contribution < 1.29 is 19.4 Å². The molecule has 1 amide bonds. The lowest BCUT2D eigenvalue weighted by Crippen LogP contribution is -2.37. The van der Waals surface area contributed by atoms with Gasteiger partial charge in [-0.05, 0) is 44.7 Å². The van der Waals surface area contributed by atoms with Gasteiger partial charge in [-0.15, -0.1) is 0 Å². The standard InChI is InChI=1S/C22H31NO4/c1-21(2,3)27-20(26)23(4)15-9-11-17-10-8-12-18(16-17)22(19(24)25)13-6-5-7-14-22/h8-12,16H,5-7,13-15H2,1-4H3,(H,24,25). The van der Waals surface area contributed by atoms with Crippen LogP contribution in [0.1, 0.15) is 64.0 Å². The average Bonchev–Trinajstić information content (AvgIpc) is 2.61. The number of nitrogens with zero attached hydrogens (tertiary/aromatic N) is 1. The molecule has 148 valence electrons. The molecule has 1 saturated carbocycles. The van der Waals surface area contributed by atoms with Gasteiger partial charge in [-0.25, -0.2) is 4.79 Å². The fourth-order valence-electron chi connectivity index (χ4n) is 3.48. The molecule has 0 heterocycles. The van der Waals surface area contributed by atoms with Gasteiger partial charge >= 0.3 is 12.1 Å². The van der Waals surface area contributed by atoms with E-state index in [1.165, 1.54) is 4.90 Å². The van der Waals surface area contributed by atoms with Crippen LogP contribution in [0.25, 0.3) is 6.08 Å². The molecule has 0 aliphatic heterocycles. The normalized spacial score (nSPS) is 16.9. The van der Waals surface area contributed by atoms with Gasteiger partial charge in [0.05, 0.1) is 5.41 Å². The molecular weight excluding hydrogens is 342 g/mol. The number of hydrogen-bond donors (Lipinski definition) is 1. The molecule has 0 radical (unpaired) electrons. The highest BCUT2D eigenvalue weighted by atomic mass is 16.6. The lowest BCUT2D eigenvalue weighted by molar-refractivity contribution is -0.145. The number of carboxylic acid groups (broad SMARTS) is 1. The number of likely N-dealkylation sites (N-methyl/N-ethyl adjacent to an activating group) is 1. The number of carbonyl (C=O) groups is 2. The Labute approximate surface area is 162 Å². The number of carbonyl (C=O) groups excluding carboxylic acids is 1. The highest BCUT2D eigenvalue weighted by Crippen LogP contribution is 2.40. The van der Waals surface area contributed by atoms with Crippen LogP contribution in [-0.2, 0) is 14.9 Å². The van der Waals surface area contributed by atoms with E-state index in [1.807, 2.05) is 57.2 Å². The van der Waals surface area contributed by atoms with E-state index in [0.717, 1.165) is 30.4 Å². The third-order valence-corrected chi connectivity index (χ3v) is 4.95. The maximum absolute atomic E-state index is 12.0. The van der Waals surface area contributed by atoms with E-state index in [-0.39, 0.29) is 6.09 Å². The van der Waals surface area contributed by atoms with Crippen LogP contribution in [0.2, 0.25) is 0 Å². The van der Waals surface area contributed by atoms with E-state index in [4.69, 9.17) is 4.74 Å². The average molecular weight is 373 g/mol. The van der Waals surface area contributed by atoms with Crippen molar-refractivity contribution in [3.63, 3.8) is 0 Å². The van der Waals surface area contributed by atoms with Crippen LogP contribution < -0.4 is 0 Å². The third-order valence-electron chi connectivity index (χ3n) is 4.95. The zero-order valence-corrected chi connectivity index (χ0v) is 16.8. The monoisotopic (exact) mass is 373 g/mol. The van der Waals surface area contributed by atoms with Crippen LogP contribution in [0, 0.1) is 0 Å². The molecule has 5 heteroatoms. The van der Waals surface area contributed by atoms with Gasteiger partial charge in [0, 0.05) is 13.6 Å². The molecule has 0 bridgehead atoms. The molecule has 27 heavy (non-hydrogen) atoms. The van der Waals surface area contributed by atoms with Gasteiger partial charge in [-0.3, -0.25) is 4.79 Å². The van der Waals surface area contributed by atoms with E-state index < -0.39 is 17.0 Å². The van der Waals surface area contributed by atoms with E-state index in [2.05, 4.69) is 0 Å². The molecule has 5 nitrogen and oxygen atoms in total. The predicted octanol–water partition coefficient (Wildman–Crippen LogP) is 4.85. The Hall–Kier alpha value is -2.30. The van der Waals surface area contributed by atoms with Crippen molar-refractivity contribution >= 4 is 18.1 Å². The number of ether oxygens (including phenoxy) is 1. The van der Waals surface area contributed by atoms with Crippen LogP contribution in [0.3, 0.4) is 0 Å². The summed E-state index contributed by atoms with van der Waals surface area (Å²) in [5.41, 5.74) is 0.526. The lowest BCUT2D eigenvalue weighted by atomic mass is 9.69. The second kappa shape index (κ2) is 8.59. The van der Waals surface area contributed by atoms with Crippen LogP contribution >= 0.6 is 0 Å². The van der Waals surface area contributed by atoms with Gasteiger partial charge in [0.15, 0.2) is 0 Å². The van der Waals surface area contributed by atoms with Crippen LogP contribution in [0.4, 0.5) is 4.79 Å². The molecule has 0 atom stereocenters. The molecule has 1 aliphatic carbocycles. The number of hydrogen-bond acceptors (Lipinski definition) is 3. The van der Waals surface area contributed by atoms with E-state index in [1.54, 1.807) is 7.05 Å². The molecule has 1 aromatic rings. The Kier molecular flexibility index (Phi) is 6.68. The van der Waals surface area contributed by atoms with Crippen LogP contribution in [-0.4, -0.2) is 41.3 Å². The molecule has 1 N–H and O–H groups in total. The second-order valence-corrected chi connectivity index (χ2v) is 8.34. The topological polar surface area (TPSA) is 66.8 Å². The van der Waals surface area contributed by atoms with E-state index in [9.17, 15) is 14.7 Å². The highest BCUT2D eigenvalue weighted by Gasteiger charge is 2.41. The zero-order valence-electron chi connectivity index (χ0n) is 16.8. The number of rotatable bonds is 5. The van der Waals surface area contributed by atoms with E-state index >= 15 is 0 Å². The van der Waals surface area contributed by atoms with Gasteiger partial charge in [-0.1, -0.05) is 55.7 Å². The highest BCUT2D eigenvalue weighted by molar-refractivity contribution is 5.82. The fourth-order valence-corrected chi connectivity index (χ4v) is 3.48. The summed E-state index contributed by atoms with van der Waals surface area (Å²) in [6.07, 6.45) is 7.83. The summed E-state index contributed by atoms with van der Waals surface area (Å²) in [5, 5.41) is 9.86. The molecule has 0 unspecified atom stereocenters. The molecule has 0 saturated heterocycles. The van der Waals surface area contributed by atoms with Gasteiger partial charge in [0.25, 0.3) is 0 Å². The van der Waals surface area contributed by atoms with Crippen molar-refractivity contribution in [2.24, 2.45) is 0 Å². The molecule has 1 aliphatic rings. The maximum atomic E-state index is 12.0. The van der Waals surface area contributed by atoms with Crippen LogP contribution in [0.5, 0.6) is 0 Å². The summed E-state index contributed by atoms with van der Waals surface area (Å²) in [6.45, 7) is 5.93. The Morgan fingerprint density at radius 1 is 1.22 bits per heavy atom. The fraction of sp³-hybridized carbons (Fsp3) is 0.545. The Balaban J connectivity index is 2.08. The summed E-state index contributed by atoms with van der Waals surface area (Å²) >= 11 is 0. The largest absolute Gasteiger partial charge is 0.481 e. The predicted molar refractivity (Wildman–Crippen MR) is 107 cm³/mol. The second-order valence-electron chi connectivity index (χ2n) is 8.34. The number of amides is 1. The first-order valence-corrected chi connectivity index (χ1v) is 9.59. The van der Waals surface area contributed by atoms with Crippen molar-refractivity contribution in [3.8, 4) is 0 Å². The summed E-state index contributed by atoms with van der Waals surface area (Å²) in [4.78, 5) is 25.5. The minimum atomic E-state index is -0.768. The van der Waals surface area contributed by atoms with Gasteiger partial charge < -0.3 is 14.7 Å². The van der Waals surface area contributed by atoms with E-state index in [0.29, 0.717) is 19.4 Å². The molecule has 1 aromatic carbocycles. The first-order valence-electron chi connectivity index (χ1n) is 9.59. The van der Waals surface area contributed by atoms with Crippen molar-refractivity contribution in [3.05, 3.63) is 41.5 Å². The molecular formula is C22H31NO4. The van der Waals surface area contributed by atoms with Gasteiger partial charge in [0.2, 0.25) is 0 Å². The van der Waals surface area contributed by atoms with Crippen LogP contribution in [0.15, 0.2) is 30.3 Å². The molecule has 0 aromatic heterocycles. The minimum Gasteiger partial charge on any atom is -0.481 e. The third kappa shape index (κ3) is 5.59. The quantitative estimate of drug-likeness (QED) is 0.801. The SMILES string of the molecule is CN(CC=Cc1cccc(C2(C(=O)O)CCCCC2)c1)C(=O)OC(C)(C)C. The van der Waals surface area contributed by atoms with Gasteiger partial charge in [0.1, 0.15) is 5.60 Å². The Bertz CT molecular complexity index is 697. The lowest BCUT2D eigenvalue weighted by Gasteiger charge is -2.33. The molecule has 0 spiro atoms. The van der Waals surface area contributed by atoms with Crippen molar-refractivity contribution in [2.45, 2.75) is 63.9 Å². The summed E-state index contributed by atoms with van der Waals surface area (Å²) < 4.78 is 5.33. The Morgan fingerprint density at radius 3 is 2.48 bits per heavy atom. The van der Waals surface area contributed by atoms with Gasteiger partial charge in [-0.2, -0.15) is 0 Å².